The number of unbranched alkanes of at least 4 members (excludes halogenated alkanes) is 2. The first-order valence-corrected chi connectivity index (χ1v) is 8.99. The van der Waals surface area contributed by atoms with Gasteiger partial charge in [0.15, 0.2) is 0 Å². The fourth-order valence-corrected chi connectivity index (χ4v) is 3.03. The van der Waals surface area contributed by atoms with Gasteiger partial charge in [-0.15, -0.1) is 0 Å². The monoisotopic (exact) mass is 322 g/mol. The number of rotatable bonds is 10. The Hall–Kier alpha value is 0.229. The zero-order valence-electron chi connectivity index (χ0n) is 9.88. The molecular weight excluding hydrogens is 299 g/mol. The van der Waals surface area contributed by atoms with Crippen LogP contribution in [-0.4, -0.2) is 40.7 Å². The fraction of sp³-hybridized carbons (Fsp3) is 0.909. The number of ether oxygens (including phenoxy) is 1. The van der Waals surface area contributed by atoms with Crippen LogP contribution in [0.5, 0.6) is 0 Å². The molecular formula is C11H22O3Sn. The van der Waals surface area contributed by atoms with Crippen LogP contribution >= 0.6 is 0 Å². The molecule has 0 bridgehead atoms. The van der Waals surface area contributed by atoms with E-state index >= 15 is 0 Å². The molecule has 0 aliphatic heterocycles. The Kier molecular flexibility index (Phi) is 12.5. The summed E-state index contributed by atoms with van der Waals surface area (Å²) < 4.78 is 11.5. The second kappa shape index (κ2) is 12.3. The fourth-order valence-electron chi connectivity index (χ4n) is 0.916. The van der Waals surface area contributed by atoms with Crippen LogP contribution in [0.3, 0.4) is 0 Å². The number of hydrogen-bond acceptors (Lipinski definition) is 3. The standard InChI is InChI=1S/C7H13O2.C4H9O.Sn/c1-3-5-6-9-7(8)4-2;1-2-3-4-5;/h2-6H2,1H3;2-4H2,1H3;/q;-1;+1. The molecule has 0 atom stereocenters. The Morgan fingerprint density at radius 1 is 1.13 bits per heavy atom. The molecule has 88 valence electrons. The average molecular weight is 321 g/mol. The van der Waals surface area contributed by atoms with E-state index in [1.807, 2.05) is 0 Å². The summed E-state index contributed by atoms with van der Waals surface area (Å²) in [6.07, 6.45) is 4.92. The van der Waals surface area contributed by atoms with Gasteiger partial charge < -0.3 is 0 Å². The minimum absolute atomic E-state index is 0.0524. The van der Waals surface area contributed by atoms with Crippen molar-refractivity contribution in [3.05, 3.63) is 0 Å². The molecule has 0 saturated heterocycles. The second-order valence-corrected chi connectivity index (χ2v) is 6.50. The summed E-state index contributed by atoms with van der Waals surface area (Å²) in [5, 5.41) is 0. The van der Waals surface area contributed by atoms with E-state index in [4.69, 9.17) is 7.81 Å². The first kappa shape index (κ1) is 15.2. The van der Waals surface area contributed by atoms with Crippen molar-refractivity contribution in [1.82, 2.24) is 0 Å². The molecule has 0 heterocycles. The molecule has 0 spiro atoms. The topological polar surface area (TPSA) is 35.5 Å². The Morgan fingerprint density at radius 2 is 1.80 bits per heavy atom. The SMILES string of the molecule is CCCC[O][Sn][CH2]CC(=O)OCCCC. The second-order valence-electron chi connectivity index (χ2n) is 3.42. The Bertz CT molecular complexity index is 151. The van der Waals surface area contributed by atoms with Gasteiger partial charge >= 0.3 is 104 Å². The van der Waals surface area contributed by atoms with Crippen LogP contribution in [0, 0.1) is 0 Å². The van der Waals surface area contributed by atoms with Gasteiger partial charge in [-0.1, -0.05) is 0 Å². The van der Waals surface area contributed by atoms with E-state index in [0.717, 1.165) is 30.3 Å². The molecule has 0 unspecified atom stereocenters. The van der Waals surface area contributed by atoms with Crippen LogP contribution in [-0.2, 0) is 12.6 Å². The summed E-state index contributed by atoms with van der Waals surface area (Å²) in [6.45, 7) is 5.70. The molecule has 0 saturated carbocycles. The summed E-state index contributed by atoms with van der Waals surface area (Å²) >= 11 is -0.739. The van der Waals surface area contributed by atoms with Crippen LogP contribution < -0.4 is 0 Å². The van der Waals surface area contributed by atoms with E-state index in [9.17, 15) is 4.79 Å². The van der Waals surface area contributed by atoms with Gasteiger partial charge in [0, 0.05) is 0 Å². The van der Waals surface area contributed by atoms with Crippen LogP contribution in [0.2, 0.25) is 4.44 Å². The van der Waals surface area contributed by atoms with Gasteiger partial charge in [0.25, 0.3) is 0 Å². The van der Waals surface area contributed by atoms with E-state index in [-0.39, 0.29) is 5.97 Å². The van der Waals surface area contributed by atoms with Crippen molar-refractivity contribution in [2.24, 2.45) is 0 Å². The molecule has 0 aliphatic rings. The van der Waals surface area contributed by atoms with Gasteiger partial charge in [0.1, 0.15) is 0 Å². The maximum atomic E-state index is 11.2. The Morgan fingerprint density at radius 3 is 2.47 bits per heavy atom. The van der Waals surface area contributed by atoms with Gasteiger partial charge in [0.2, 0.25) is 0 Å². The predicted molar refractivity (Wildman–Crippen MR) is 61.9 cm³/mol. The average Bonchev–Trinajstić information content (AvgIpc) is 2.23. The number of hydrogen-bond donors (Lipinski definition) is 0. The van der Waals surface area contributed by atoms with Crippen molar-refractivity contribution >= 4 is 27.5 Å². The van der Waals surface area contributed by atoms with Crippen molar-refractivity contribution in [3.63, 3.8) is 0 Å². The summed E-state index contributed by atoms with van der Waals surface area (Å²) in [7, 11) is 0. The summed E-state index contributed by atoms with van der Waals surface area (Å²) in [5.41, 5.74) is 0. The van der Waals surface area contributed by atoms with Crippen LogP contribution in [0.15, 0.2) is 0 Å². The molecule has 0 rings (SSSR count). The van der Waals surface area contributed by atoms with Gasteiger partial charge in [-0.3, -0.25) is 0 Å². The van der Waals surface area contributed by atoms with Crippen molar-refractivity contribution < 1.29 is 12.6 Å². The van der Waals surface area contributed by atoms with Gasteiger partial charge in [-0.05, 0) is 0 Å². The zero-order valence-corrected chi connectivity index (χ0v) is 12.7. The first-order chi connectivity index (χ1) is 7.31. The number of esters is 1. The molecule has 0 aromatic rings. The summed E-state index contributed by atoms with van der Waals surface area (Å²) in [5.74, 6) is -0.0524. The molecule has 4 heteroatoms. The van der Waals surface area contributed by atoms with Crippen molar-refractivity contribution in [2.45, 2.75) is 50.4 Å². The molecule has 0 aromatic carbocycles. The third-order valence-corrected chi connectivity index (χ3v) is 4.36. The Balaban J connectivity index is 3.10. The van der Waals surface area contributed by atoms with Crippen LogP contribution in [0.25, 0.3) is 0 Å². The molecule has 0 aromatic heterocycles. The van der Waals surface area contributed by atoms with Crippen LogP contribution in [0.4, 0.5) is 0 Å². The van der Waals surface area contributed by atoms with E-state index in [1.54, 1.807) is 0 Å². The molecule has 0 aliphatic carbocycles. The van der Waals surface area contributed by atoms with Gasteiger partial charge in [0.05, 0.1) is 0 Å². The predicted octanol–water partition coefficient (Wildman–Crippen LogP) is 2.57. The molecule has 3 nitrogen and oxygen atoms in total. The summed E-state index contributed by atoms with van der Waals surface area (Å²) in [4.78, 5) is 11.2. The number of carbonyl (C=O) groups is 1. The molecule has 0 N–H and O–H groups in total. The molecule has 0 fully saturated rings. The van der Waals surface area contributed by atoms with Crippen molar-refractivity contribution in [2.75, 3.05) is 13.2 Å². The van der Waals surface area contributed by atoms with E-state index < -0.39 is 21.6 Å². The van der Waals surface area contributed by atoms with Crippen molar-refractivity contribution in [3.8, 4) is 0 Å². The molecule has 2 radical (unpaired) electrons. The normalized spacial score (nSPS) is 10.3. The quantitative estimate of drug-likeness (QED) is 0.352. The van der Waals surface area contributed by atoms with Gasteiger partial charge in [-0.25, -0.2) is 0 Å². The zero-order chi connectivity index (χ0) is 11.4. The minimum atomic E-state index is -0.739. The molecule has 15 heavy (non-hydrogen) atoms. The first-order valence-electron chi connectivity index (χ1n) is 5.81. The maximum absolute atomic E-state index is 11.2. The number of carbonyl (C=O) groups excluding carboxylic acids is 1. The Labute approximate surface area is 104 Å². The van der Waals surface area contributed by atoms with Crippen LogP contribution in [0.1, 0.15) is 46.0 Å². The molecule has 0 amide bonds. The third kappa shape index (κ3) is 12.2. The van der Waals surface area contributed by atoms with Crippen molar-refractivity contribution in [1.29, 1.82) is 0 Å². The van der Waals surface area contributed by atoms with E-state index in [2.05, 4.69) is 13.8 Å². The third-order valence-electron chi connectivity index (χ3n) is 1.89. The van der Waals surface area contributed by atoms with E-state index in [1.165, 1.54) is 6.42 Å². The summed E-state index contributed by atoms with van der Waals surface area (Å²) in [6, 6.07) is 0. The van der Waals surface area contributed by atoms with E-state index in [0.29, 0.717) is 13.0 Å². The van der Waals surface area contributed by atoms with Gasteiger partial charge in [-0.2, -0.15) is 0 Å².